The van der Waals surface area contributed by atoms with Crippen LogP contribution < -0.4 is 21.7 Å². The van der Waals surface area contributed by atoms with Crippen LogP contribution >= 0.6 is 0 Å². The second-order valence-electron chi connectivity index (χ2n) is 4.50. The van der Waals surface area contributed by atoms with Gasteiger partial charge in [-0.25, -0.2) is 0 Å². The van der Waals surface area contributed by atoms with Crippen molar-refractivity contribution in [2.75, 3.05) is 14.1 Å². The summed E-state index contributed by atoms with van der Waals surface area (Å²) in [7, 11) is 3.75. The quantitative estimate of drug-likeness (QED) is 0.462. The van der Waals surface area contributed by atoms with Crippen LogP contribution in [0.3, 0.4) is 0 Å². The van der Waals surface area contributed by atoms with E-state index in [-0.39, 0.29) is 11.6 Å². The van der Waals surface area contributed by atoms with Gasteiger partial charge in [-0.15, -0.1) is 0 Å². The van der Waals surface area contributed by atoms with Crippen LogP contribution in [0.4, 0.5) is 0 Å². The third-order valence-corrected chi connectivity index (χ3v) is 2.11. The first kappa shape index (κ1) is 12.8. The molecule has 0 saturated heterocycles. The molecule has 2 atom stereocenters. The smallest absolute Gasteiger partial charge is 0.136 e. The summed E-state index contributed by atoms with van der Waals surface area (Å²) in [5.74, 6) is -0.576. The summed E-state index contributed by atoms with van der Waals surface area (Å²) in [6, 6.07) is 0.150. The second kappa shape index (κ2) is 4.37. The van der Waals surface area contributed by atoms with E-state index in [1.165, 1.54) is 0 Å². The molecule has 0 radical (unpaired) electrons. The molecule has 0 aromatic heterocycles. The van der Waals surface area contributed by atoms with Gasteiger partial charge in [-0.3, -0.25) is 16.4 Å². The molecule has 0 aliphatic heterocycles. The highest BCUT2D eigenvalue weighted by molar-refractivity contribution is 4.91. The fourth-order valence-electron chi connectivity index (χ4n) is 1.24. The Bertz CT molecular complexity index is 152. The van der Waals surface area contributed by atoms with E-state index in [2.05, 4.69) is 36.7 Å². The molecule has 5 N–H and O–H groups in total. The zero-order chi connectivity index (χ0) is 10.7. The lowest BCUT2D eigenvalue weighted by Gasteiger charge is -2.41. The Morgan fingerprint density at radius 3 is 1.85 bits per heavy atom. The van der Waals surface area contributed by atoms with Gasteiger partial charge in [0.2, 0.25) is 0 Å². The van der Waals surface area contributed by atoms with Crippen molar-refractivity contribution in [2.45, 2.75) is 45.1 Å². The zero-order valence-corrected chi connectivity index (χ0v) is 9.65. The first-order valence-corrected chi connectivity index (χ1v) is 4.69. The summed E-state index contributed by atoms with van der Waals surface area (Å²) in [6.45, 7) is 8.31. The van der Waals surface area contributed by atoms with Crippen molar-refractivity contribution in [3.05, 3.63) is 0 Å². The number of likely N-dealkylation sites (N-methyl/N-ethyl adjacent to an activating group) is 2. The normalized spacial score (nSPS) is 19.6. The molecule has 0 aliphatic carbocycles. The Hall–Kier alpha value is -0.160. The lowest BCUT2D eigenvalue weighted by molar-refractivity contribution is 0.167. The summed E-state index contributed by atoms with van der Waals surface area (Å²) in [5.41, 5.74) is 6.14. The Morgan fingerprint density at radius 2 is 1.62 bits per heavy atom. The Kier molecular flexibility index (Phi) is 4.32. The fourth-order valence-corrected chi connectivity index (χ4v) is 1.24. The molecule has 0 aliphatic rings. The molecule has 80 valence electrons. The van der Waals surface area contributed by atoms with Crippen molar-refractivity contribution in [2.24, 2.45) is 5.73 Å². The molecular weight excluding hydrogens is 164 g/mol. The van der Waals surface area contributed by atoms with Crippen molar-refractivity contribution in [3.8, 4) is 0 Å². The van der Waals surface area contributed by atoms with Crippen LogP contribution in [0.5, 0.6) is 0 Å². The Morgan fingerprint density at radius 1 is 1.15 bits per heavy atom. The van der Waals surface area contributed by atoms with Crippen molar-refractivity contribution in [1.29, 1.82) is 0 Å². The summed E-state index contributed by atoms with van der Waals surface area (Å²) < 4.78 is 0. The van der Waals surface area contributed by atoms with Crippen molar-refractivity contribution in [3.63, 3.8) is 0 Å². The predicted octanol–water partition coefficient (Wildman–Crippen LogP) is -0.186. The molecule has 4 heteroatoms. The van der Waals surface area contributed by atoms with Crippen LogP contribution in [0.2, 0.25) is 0 Å². The van der Waals surface area contributed by atoms with Crippen molar-refractivity contribution < 1.29 is 0 Å². The maximum absolute atomic E-state index is 6.15. The summed E-state index contributed by atoms with van der Waals surface area (Å²) in [6.07, 6.45) is 0. The number of hydrogen-bond donors (Lipinski definition) is 4. The molecule has 0 amide bonds. The summed E-state index contributed by atoms with van der Waals surface area (Å²) in [5, 5.41) is 9.56. The van der Waals surface area contributed by atoms with Gasteiger partial charge in [0.05, 0.1) is 0 Å². The minimum atomic E-state index is -0.576. The Labute approximate surface area is 81.6 Å². The predicted molar refractivity (Wildman–Crippen MR) is 57.4 cm³/mol. The van der Waals surface area contributed by atoms with Gasteiger partial charge in [-0.2, -0.15) is 0 Å². The van der Waals surface area contributed by atoms with Gasteiger partial charge >= 0.3 is 0 Å². The van der Waals surface area contributed by atoms with E-state index in [4.69, 9.17) is 5.73 Å². The maximum Gasteiger partial charge on any atom is 0.136 e. The third kappa shape index (κ3) is 4.04. The molecule has 0 saturated carbocycles. The molecule has 4 nitrogen and oxygen atoms in total. The van der Waals surface area contributed by atoms with Gasteiger partial charge in [0.15, 0.2) is 0 Å². The monoisotopic (exact) mass is 188 g/mol. The molecule has 0 heterocycles. The summed E-state index contributed by atoms with van der Waals surface area (Å²) in [4.78, 5) is 0. The number of nitrogens with two attached hydrogens (primary N) is 1. The largest absolute Gasteiger partial charge is 0.313 e. The van der Waals surface area contributed by atoms with E-state index in [1.807, 2.05) is 21.0 Å². The fraction of sp³-hybridized carbons (Fsp3) is 1.00. The van der Waals surface area contributed by atoms with Crippen LogP contribution in [0.25, 0.3) is 0 Å². The van der Waals surface area contributed by atoms with E-state index < -0.39 is 5.79 Å². The van der Waals surface area contributed by atoms with Gasteiger partial charge in [0, 0.05) is 11.6 Å². The molecule has 0 bridgehead atoms. The highest BCUT2D eigenvalue weighted by Gasteiger charge is 2.32. The van der Waals surface area contributed by atoms with Crippen LogP contribution in [-0.4, -0.2) is 31.5 Å². The van der Waals surface area contributed by atoms with E-state index in [9.17, 15) is 0 Å². The molecule has 0 rings (SSSR count). The molecule has 0 aromatic carbocycles. The van der Waals surface area contributed by atoms with Crippen molar-refractivity contribution >= 4 is 0 Å². The lowest BCUT2D eigenvalue weighted by Crippen LogP contribution is -2.75. The zero-order valence-electron chi connectivity index (χ0n) is 9.65. The van der Waals surface area contributed by atoms with Crippen LogP contribution in [0, 0.1) is 0 Å². The minimum Gasteiger partial charge on any atom is -0.313 e. The maximum atomic E-state index is 6.15. The standard InChI is InChI=1S/C9H24N4/c1-7(11-5)9(10,12-6)13-8(2,3)4/h7,11-13H,10H2,1-6H3. The van der Waals surface area contributed by atoms with Gasteiger partial charge in [0.1, 0.15) is 5.79 Å². The first-order chi connectivity index (χ1) is 5.75. The number of hydrogen-bond acceptors (Lipinski definition) is 4. The van der Waals surface area contributed by atoms with Crippen LogP contribution in [0.15, 0.2) is 0 Å². The molecule has 0 spiro atoms. The van der Waals surface area contributed by atoms with E-state index in [0.29, 0.717) is 0 Å². The Balaban J connectivity index is 4.45. The number of nitrogens with one attached hydrogen (secondary N) is 3. The molecule has 0 fully saturated rings. The molecule has 2 unspecified atom stereocenters. The molecule has 0 aromatic rings. The first-order valence-electron chi connectivity index (χ1n) is 4.69. The van der Waals surface area contributed by atoms with E-state index >= 15 is 0 Å². The SMILES string of the molecule is CNC(C)C(N)(NC)NC(C)(C)C. The minimum absolute atomic E-state index is 0.0110. The third-order valence-electron chi connectivity index (χ3n) is 2.11. The molecule has 13 heavy (non-hydrogen) atoms. The summed E-state index contributed by atoms with van der Waals surface area (Å²) >= 11 is 0. The van der Waals surface area contributed by atoms with E-state index in [1.54, 1.807) is 0 Å². The van der Waals surface area contributed by atoms with Gasteiger partial charge in [-0.05, 0) is 41.8 Å². The van der Waals surface area contributed by atoms with Crippen LogP contribution in [-0.2, 0) is 0 Å². The lowest BCUT2D eigenvalue weighted by atomic mass is 10.0. The topological polar surface area (TPSA) is 62.1 Å². The highest BCUT2D eigenvalue weighted by atomic mass is 15.3. The average Bonchev–Trinajstić information content (AvgIpc) is 1.99. The second-order valence-corrected chi connectivity index (χ2v) is 4.50. The van der Waals surface area contributed by atoms with E-state index in [0.717, 1.165) is 0 Å². The van der Waals surface area contributed by atoms with Gasteiger partial charge in [0.25, 0.3) is 0 Å². The van der Waals surface area contributed by atoms with Gasteiger partial charge in [-0.1, -0.05) is 0 Å². The molecular formula is C9H24N4. The highest BCUT2D eigenvalue weighted by Crippen LogP contribution is 2.07. The van der Waals surface area contributed by atoms with Gasteiger partial charge < -0.3 is 5.32 Å². The van der Waals surface area contributed by atoms with Crippen LogP contribution in [0.1, 0.15) is 27.7 Å². The number of rotatable bonds is 4. The van der Waals surface area contributed by atoms with Crippen molar-refractivity contribution in [1.82, 2.24) is 16.0 Å². The average molecular weight is 188 g/mol.